The van der Waals surface area contributed by atoms with Crippen LogP contribution in [-0.2, 0) is 35.5 Å². The Morgan fingerprint density at radius 3 is 2.28 bits per heavy atom. The van der Waals surface area contributed by atoms with Gasteiger partial charge in [-0.1, -0.05) is 110 Å². The van der Waals surface area contributed by atoms with Crippen LogP contribution in [0.1, 0.15) is 65.0 Å². The Morgan fingerprint density at radius 1 is 1.10 bits per heavy atom. The summed E-state index contributed by atoms with van der Waals surface area (Å²) in [6.07, 6.45) is 6.03. The van der Waals surface area contributed by atoms with Crippen LogP contribution in [0.25, 0.3) is 5.69 Å². The lowest BCUT2D eigenvalue weighted by molar-refractivity contribution is -0.138. The van der Waals surface area contributed by atoms with Crippen LogP contribution >= 0.6 is 65.4 Å². The summed E-state index contributed by atoms with van der Waals surface area (Å²) in [5.41, 5.74) is 8.92. The number of benzene rings is 3. The second-order valence-electron chi connectivity index (χ2n) is 16.3. The average Bonchev–Trinajstić information content (AvgIpc) is 3.67. The standard InChI is InChI=1S/C15H14Cl2N2O3.C15H22ClNO2.C11H11Cl2NO2.C5H12NO4P/c1-5-6-21-12-8-11(9(16)7-10(12)17)19-14(20)22-13(18-19)15(2,3)4;1-5-13-8-6-7-11(2)15(13)17(14(18)9-16)12(3)10-19-4;1-7-6-16-9-5-3-2-4-8(9)14(7)11(15)10(12)13;1-11(9,10)3-2-4(6)5(7)8/h1,7-8H,6H2,2-4H3;6-8,12H,5,9-10H2,1-4H3;2-5,7,10H,6H2,1H3;4H,2-3,6H2,1H3,(H,7,8)(H,9,10). The monoisotopic (exact) mass is 1060 g/mol. The molecular formula is C46H59Cl5N5O11P. The van der Waals surface area contributed by atoms with E-state index in [-0.39, 0.29) is 59.0 Å². The number of nitrogens with two attached hydrogens (primary N) is 1. The van der Waals surface area contributed by atoms with E-state index in [9.17, 15) is 23.7 Å². The molecule has 4 aromatic rings. The largest absolute Gasteiger partial charge is 0.489 e. The van der Waals surface area contributed by atoms with Gasteiger partial charge < -0.3 is 44.2 Å². The molecule has 68 heavy (non-hydrogen) atoms. The Labute approximate surface area is 422 Å². The van der Waals surface area contributed by atoms with E-state index in [0.29, 0.717) is 36.3 Å². The topological polar surface area (TPSA) is 217 Å². The lowest BCUT2D eigenvalue weighted by Crippen LogP contribution is -2.47. The summed E-state index contributed by atoms with van der Waals surface area (Å²) in [6, 6.07) is 15.2. The van der Waals surface area contributed by atoms with Crippen molar-refractivity contribution in [1.29, 1.82) is 0 Å². The quantitative estimate of drug-likeness (QED) is 0.0612. The van der Waals surface area contributed by atoms with Crippen LogP contribution < -0.4 is 30.8 Å². The maximum absolute atomic E-state index is 12.2. The summed E-state index contributed by atoms with van der Waals surface area (Å²) < 4.78 is 32.9. The number of anilines is 2. The van der Waals surface area contributed by atoms with Crippen LogP contribution in [0.2, 0.25) is 10.0 Å². The first-order valence-electron chi connectivity index (χ1n) is 21.0. The van der Waals surface area contributed by atoms with Crippen molar-refractivity contribution in [3.8, 4) is 29.5 Å². The van der Waals surface area contributed by atoms with E-state index in [0.717, 1.165) is 33.6 Å². The van der Waals surface area contributed by atoms with E-state index in [1.807, 2.05) is 77.9 Å². The second kappa shape index (κ2) is 27.8. The summed E-state index contributed by atoms with van der Waals surface area (Å²) in [6.45, 7) is 15.8. The molecule has 4 unspecified atom stereocenters. The summed E-state index contributed by atoms with van der Waals surface area (Å²) >= 11 is 29.2. The number of amides is 2. The van der Waals surface area contributed by atoms with Crippen molar-refractivity contribution >= 4 is 94.5 Å². The maximum atomic E-state index is 12.2. The number of hydrogen-bond donors (Lipinski definition) is 3. The highest BCUT2D eigenvalue weighted by atomic mass is 35.5. The minimum atomic E-state index is -3.10. The number of carboxylic acids is 1. The molecule has 5 rings (SSSR count). The number of aliphatic carboxylic acids is 1. The zero-order valence-corrected chi connectivity index (χ0v) is 44.0. The first-order valence-corrected chi connectivity index (χ1v) is 25.4. The predicted octanol–water partition coefficient (Wildman–Crippen LogP) is 8.90. The molecule has 1 aliphatic heterocycles. The highest BCUT2D eigenvalue weighted by molar-refractivity contribution is 7.57. The number of rotatable bonds is 14. The van der Waals surface area contributed by atoms with Crippen molar-refractivity contribution < 1.29 is 47.6 Å². The third-order valence-corrected chi connectivity index (χ3v) is 11.8. The smallest absolute Gasteiger partial charge is 0.442 e. The fourth-order valence-electron chi connectivity index (χ4n) is 6.21. The third-order valence-electron chi connectivity index (χ3n) is 9.55. The SMILES string of the molecule is C#CCOc1cc(-n2nc(C(C)(C)C)oc2=O)c(Cl)cc1Cl.CC1COc2ccccc2N1C(=O)C(Cl)Cl.CCc1cccc(C)c1N(C(=O)CCl)C(C)COC.CP(=O)(O)CCC(N)C(=O)O. The van der Waals surface area contributed by atoms with Crippen molar-refractivity contribution in [2.75, 3.05) is 55.4 Å². The van der Waals surface area contributed by atoms with Crippen molar-refractivity contribution in [3.05, 3.63) is 92.2 Å². The van der Waals surface area contributed by atoms with Crippen LogP contribution in [0.4, 0.5) is 11.4 Å². The van der Waals surface area contributed by atoms with E-state index in [1.165, 1.54) is 18.8 Å². The van der Waals surface area contributed by atoms with Gasteiger partial charge in [-0.3, -0.25) is 18.9 Å². The van der Waals surface area contributed by atoms with Crippen LogP contribution in [0.5, 0.6) is 11.5 Å². The van der Waals surface area contributed by atoms with E-state index >= 15 is 0 Å². The summed E-state index contributed by atoms with van der Waals surface area (Å²) in [4.78, 5) is 57.3. The lowest BCUT2D eigenvalue weighted by atomic mass is 9.97. The number of hydrogen-bond acceptors (Lipinski definition) is 11. The first-order chi connectivity index (χ1) is 31.7. The highest BCUT2D eigenvalue weighted by Crippen LogP contribution is 2.37. The van der Waals surface area contributed by atoms with Gasteiger partial charge in [0, 0.05) is 31.4 Å². The van der Waals surface area contributed by atoms with Crippen molar-refractivity contribution in [1.82, 2.24) is 9.78 Å². The van der Waals surface area contributed by atoms with E-state index in [2.05, 4.69) is 24.0 Å². The third kappa shape index (κ3) is 17.9. The van der Waals surface area contributed by atoms with Gasteiger partial charge >= 0.3 is 11.7 Å². The van der Waals surface area contributed by atoms with Gasteiger partial charge in [0.1, 0.15) is 36.6 Å². The molecule has 0 fully saturated rings. The molecule has 374 valence electrons. The zero-order chi connectivity index (χ0) is 51.7. The summed E-state index contributed by atoms with van der Waals surface area (Å²) in [5.74, 6) is 1.43. The Hall–Kier alpha value is -4.27. The molecule has 3 aromatic carbocycles. The molecule has 0 bridgehead atoms. The van der Waals surface area contributed by atoms with Crippen molar-refractivity contribution in [2.24, 2.45) is 5.73 Å². The number of aromatic nitrogens is 2. The Morgan fingerprint density at radius 2 is 1.75 bits per heavy atom. The molecule has 0 saturated carbocycles. The van der Waals surface area contributed by atoms with E-state index in [4.69, 9.17) is 98.8 Å². The molecule has 1 aromatic heterocycles. The van der Waals surface area contributed by atoms with Gasteiger partial charge in [-0.15, -0.1) is 23.1 Å². The van der Waals surface area contributed by atoms with Gasteiger partial charge in [0.05, 0.1) is 45.8 Å². The number of para-hydroxylation sites is 3. The molecule has 0 radical (unpaired) electrons. The number of carboxylic acid groups (broad SMARTS) is 1. The molecule has 16 nitrogen and oxygen atoms in total. The first kappa shape index (κ1) is 59.9. The Kier molecular flexibility index (Phi) is 24.5. The number of carbonyl (C=O) groups excluding carboxylic acids is 2. The van der Waals surface area contributed by atoms with Gasteiger partial charge in [0.25, 0.3) is 5.91 Å². The molecule has 0 saturated heterocycles. The Bertz CT molecular complexity index is 2470. The van der Waals surface area contributed by atoms with Gasteiger partial charge in [-0.2, -0.15) is 4.68 Å². The predicted molar refractivity (Wildman–Crippen MR) is 270 cm³/mol. The number of aryl methyl sites for hydroxylation is 2. The van der Waals surface area contributed by atoms with Gasteiger partial charge in [-0.25, -0.2) is 4.79 Å². The van der Waals surface area contributed by atoms with Gasteiger partial charge in [0.15, 0.2) is 12.2 Å². The fraction of sp³-hybridized carbons (Fsp3) is 0.457. The second-order valence-corrected chi connectivity index (χ2v) is 21.1. The van der Waals surface area contributed by atoms with Crippen molar-refractivity contribution in [3.63, 3.8) is 0 Å². The molecule has 2 amide bonds. The number of terminal acetylenes is 1. The molecule has 2 heterocycles. The van der Waals surface area contributed by atoms with E-state index < -0.39 is 35.4 Å². The van der Waals surface area contributed by atoms with Crippen molar-refractivity contribution in [2.45, 2.75) is 89.7 Å². The lowest BCUT2D eigenvalue weighted by Gasteiger charge is -2.35. The fourth-order valence-corrected chi connectivity index (χ4v) is 7.82. The van der Waals surface area contributed by atoms with Crippen LogP contribution in [0, 0.1) is 19.3 Å². The minimum absolute atomic E-state index is 0.0223. The molecular weight excluding hydrogens is 1010 g/mol. The van der Waals surface area contributed by atoms with Crippen LogP contribution in [-0.4, -0.2) is 106 Å². The number of alkyl halides is 3. The van der Waals surface area contributed by atoms with Crippen LogP contribution in [0.3, 0.4) is 0 Å². The van der Waals surface area contributed by atoms with Gasteiger partial charge in [-0.05, 0) is 62.9 Å². The zero-order valence-electron chi connectivity index (χ0n) is 39.3. The normalized spacial score (nSPS) is 14.6. The number of fused-ring (bicyclic) bond motifs is 1. The minimum Gasteiger partial charge on any atom is -0.489 e. The number of carbonyl (C=O) groups is 3. The molecule has 4 atom stereocenters. The molecule has 0 aliphatic carbocycles. The van der Waals surface area contributed by atoms with E-state index in [1.54, 1.807) is 16.9 Å². The number of methoxy groups -OCH3 is 1. The summed E-state index contributed by atoms with van der Waals surface area (Å²) in [7, 11) is -1.47. The van der Waals surface area contributed by atoms with Crippen LogP contribution in [0.15, 0.2) is 63.8 Å². The maximum Gasteiger partial charge on any atom is 0.442 e. The molecule has 4 N–H and O–H groups in total. The Balaban J connectivity index is 0.000000320. The number of halogens is 5. The molecule has 0 spiro atoms. The van der Waals surface area contributed by atoms with Gasteiger partial charge in [0.2, 0.25) is 11.8 Å². The average molecular weight is 1070 g/mol. The summed E-state index contributed by atoms with van der Waals surface area (Å²) in [5, 5.41) is 13.0. The number of nitrogens with zero attached hydrogens (tertiary/aromatic N) is 4. The highest BCUT2D eigenvalue weighted by Gasteiger charge is 2.32. The molecule has 22 heteroatoms. The molecule has 1 aliphatic rings. The number of ether oxygens (including phenoxy) is 3.